The molecule has 1 N–H and O–H groups in total. The number of rotatable bonds is 2. The van der Waals surface area contributed by atoms with Crippen LogP contribution in [0.25, 0.3) is 0 Å². The molecule has 0 spiro atoms. The maximum absolute atomic E-state index is 12.9. The number of carbonyl (C=O) groups excluding carboxylic acids is 1. The number of nitrogens with one attached hydrogen (secondary N) is 1. The lowest BCUT2D eigenvalue weighted by molar-refractivity contribution is 0.0956. The van der Waals surface area contributed by atoms with Gasteiger partial charge in [-0.1, -0.05) is 30.7 Å². The highest BCUT2D eigenvalue weighted by Crippen LogP contribution is 2.36. The Labute approximate surface area is 129 Å². The van der Waals surface area contributed by atoms with E-state index in [9.17, 15) is 4.79 Å². The number of hydrogen-bond acceptors (Lipinski definition) is 2. The molecule has 0 aromatic heterocycles. The van der Waals surface area contributed by atoms with Gasteiger partial charge in [-0.25, -0.2) is 0 Å². The highest BCUT2D eigenvalue weighted by Gasteiger charge is 2.40. The third kappa shape index (κ3) is 2.28. The first-order valence-electron chi connectivity index (χ1n) is 7.02. The normalized spacial score (nSPS) is 20.9. The summed E-state index contributed by atoms with van der Waals surface area (Å²) in [7, 11) is 0. The minimum Gasteiger partial charge on any atom is -0.362 e. The summed E-state index contributed by atoms with van der Waals surface area (Å²) in [6, 6.07) is 15.0. The van der Waals surface area contributed by atoms with Gasteiger partial charge in [-0.15, -0.1) is 0 Å². The summed E-state index contributed by atoms with van der Waals surface area (Å²) >= 11 is 5.95. The van der Waals surface area contributed by atoms with E-state index in [1.807, 2.05) is 48.2 Å². The number of fused-ring (bicyclic) bond motifs is 1. The summed E-state index contributed by atoms with van der Waals surface area (Å²) in [5, 5.41) is 4.15. The fourth-order valence-electron chi connectivity index (χ4n) is 2.71. The molecule has 1 heterocycles. The lowest BCUT2D eigenvalue weighted by atomic mass is 9.97. The van der Waals surface area contributed by atoms with Crippen molar-refractivity contribution in [3.8, 4) is 0 Å². The van der Waals surface area contributed by atoms with Crippen molar-refractivity contribution in [2.75, 3.05) is 10.2 Å². The van der Waals surface area contributed by atoms with E-state index < -0.39 is 5.66 Å². The van der Waals surface area contributed by atoms with Crippen LogP contribution >= 0.6 is 11.6 Å². The number of amides is 1. The Kier molecular flexibility index (Phi) is 3.38. The summed E-state index contributed by atoms with van der Waals surface area (Å²) in [6.07, 6.45) is 0.787. The van der Waals surface area contributed by atoms with Gasteiger partial charge in [0.2, 0.25) is 0 Å². The molecule has 1 aliphatic rings. The predicted molar refractivity (Wildman–Crippen MR) is 87.0 cm³/mol. The molecule has 0 bridgehead atoms. The van der Waals surface area contributed by atoms with Gasteiger partial charge in [0.15, 0.2) is 0 Å². The first kappa shape index (κ1) is 14.0. The molecule has 0 aliphatic carbocycles. The zero-order valence-corrected chi connectivity index (χ0v) is 12.8. The molecule has 2 aromatic rings. The Morgan fingerprint density at radius 3 is 2.48 bits per heavy atom. The summed E-state index contributed by atoms with van der Waals surface area (Å²) in [4.78, 5) is 14.7. The van der Waals surface area contributed by atoms with Gasteiger partial charge in [-0.05, 0) is 49.7 Å². The number of halogens is 1. The predicted octanol–water partition coefficient (Wildman–Crippen LogP) is 4.54. The van der Waals surface area contributed by atoms with Crippen molar-refractivity contribution in [1.82, 2.24) is 0 Å². The zero-order chi connectivity index (χ0) is 15.0. The lowest BCUT2D eigenvalue weighted by Gasteiger charge is -2.46. The monoisotopic (exact) mass is 300 g/mol. The van der Waals surface area contributed by atoms with Gasteiger partial charge in [0.05, 0.1) is 5.56 Å². The number of hydrogen-bond donors (Lipinski definition) is 1. The van der Waals surface area contributed by atoms with Gasteiger partial charge in [-0.2, -0.15) is 0 Å². The highest BCUT2D eigenvalue weighted by atomic mass is 35.5. The molecule has 0 fully saturated rings. The average molecular weight is 301 g/mol. The standard InChI is InChI=1S/C17H17ClN2O/c1-3-17(2)19-15-7-5-4-6-14(15)16(21)20(17)13-10-8-12(18)9-11-13/h4-11,19H,3H2,1-2H3/t17-/m1/s1. The van der Waals surface area contributed by atoms with Crippen LogP contribution in [0.4, 0.5) is 11.4 Å². The van der Waals surface area contributed by atoms with E-state index in [4.69, 9.17) is 11.6 Å². The van der Waals surface area contributed by atoms with Crippen molar-refractivity contribution < 1.29 is 4.79 Å². The van der Waals surface area contributed by atoms with Crippen LogP contribution in [0.1, 0.15) is 30.6 Å². The molecular weight excluding hydrogens is 284 g/mol. The molecule has 0 radical (unpaired) electrons. The fourth-order valence-corrected chi connectivity index (χ4v) is 2.83. The molecule has 0 saturated heterocycles. The number of carbonyl (C=O) groups is 1. The van der Waals surface area contributed by atoms with Crippen LogP contribution in [0.15, 0.2) is 48.5 Å². The van der Waals surface area contributed by atoms with Gasteiger partial charge in [0, 0.05) is 16.4 Å². The van der Waals surface area contributed by atoms with Crippen molar-refractivity contribution >= 4 is 28.9 Å². The van der Waals surface area contributed by atoms with Crippen molar-refractivity contribution in [2.24, 2.45) is 0 Å². The Hall–Kier alpha value is -2.00. The molecule has 1 aliphatic heterocycles. The molecule has 3 rings (SSSR count). The minimum absolute atomic E-state index is 0.0102. The van der Waals surface area contributed by atoms with Crippen molar-refractivity contribution in [3.63, 3.8) is 0 Å². The van der Waals surface area contributed by atoms with Crippen LogP contribution in [0.5, 0.6) is 0 Å². The van der Waals surface area contributed by atoms with Crippen molar-refractivity contribution in [2.45, 2.75) is 25.9 Å². The van der Waals surface area contributed by atoms with Gasteiger partial charge in [-0.3, -0.25) is 9.69 Å². The smallest absolute Gasteiger partial charge is 0.262 e. The molecule has 4 heteroatoms. The van der Waals surface area contributed by atoms with Crippen LogP contribution in [-0.4, -0.2) is 11.6 Å². The van der Waals surface area contributed by atoms with E-state index in [1.54, 1.807) is 12.1 Å². The SMILES string of the molecule is CC[C@]1(C)Nc2ccccc2C(=O)N1c1ccc(Cl)cc1. The summed E-state index contributed by atoms with van der Waals surface area (Å²) in [5.74, 6) is 0.0102. The van der Waals surface area contributed by atoms with E-state index in [-0.39, 0.29) is 5.91 Å². The molecule has 0 saturated carbocycles. The van der Waals surface area contributed by atoms with E-state index in [1.165, 1.54) is 0 Å². The largest absolute Gasteiger partial charge is 0.362 e. The van der Waals surface area contributed by atoms with Crippen LogP contribution in [0, 0.1) is 0 Å². The number of benzene rings is 2. The Morgan fingerprint density at radius 1 is 1.14 bits per heavy atom. The summed E-state index contributed by atoms with van der Waals surface area (Å²) in [5.41, 5.74) is 1.96. The Bertz CT molecular complexity index is 683. The fraction of sp³-hybridized carbons (Fsp3) is 0.235. The second-order valence-corrected chi connectivity index (χ2v) is 5.85. The van der Waals surface area contributed by atoms with Crippen molar-refractivity contribution in [1.29, 1.82) is 0 Å². The molecule has 1 amide bonds. The second-order valence-electron chi connectivity index (χ2n) is 5.41. The van der Waals surface area contributed by atoms with Gasteiger partial charge in [0.1, 0.15) is 5.66 Å². The molecule has 2 aromatic carbocycles. The molecule has 21 heavy (non-hydrogen) atoms. The van der Waals surface area contributed by atoms with Gasteiger partial charge in [0.25, 0.3) is 5.91 Å². The van der Waals surface area contributed by atoms with E-state index in [0.717, 1.165) is 17.8 Å². The molecule has 3 nitrogen and oxygen atoms in total. The number of para-hydroxylation sites is 1. The summed E-state index contributed by atoms with van der Waals surface area (Å²) < 4.78 is 0. The van der Waals surface area contributed by atoms with Crippen molar-refractivity contribution in [3.05, 3.63) is 59.1 Å². The molecular formula is C17H17ClN2O. The first-order chi connectivity index (χ1) is 10.0. The summed E-state index contributed by atoms with van der Waals surface area (Å²) in [6.45, 7) is 4.10. The topological polar surface area (TPSA) is 32.3 Å². The Morgan fingerprint density at radius 2 is 1.81 bits per heavy atom. The number of anilines is 2. The van der Waals surface area contributed by atoms with E-state index >= 15 is 0 Å². The molecule has 0 unspecified atom stereocenters. The third-order valence-electron chi connectivity index (χ3n) is 4.03. The lowest BCUT2D eigenvalue weighted by Crippen LogP contribution is -2.58. The molecule has 1 atom stereocenters. The quantitative estimate of drug-likeness (QED) is 0.883. The average Bonchev–Trinajstić information content (AvgIpc) is 2.49. The van der Waals surface area contributed by atoms with Crippen LogP contribution in [0.3, 0.4) is 0 Å². The van der Waals surface area contributed by atoms with Crippen LogP contribution in [-0.2, 0) is 0 Å². The first-order valence-corrected chi connectivity index (χ1v) is 7.40. The van der Waals surface area contributed by atoms with E-state index in [0.29, 0.717) is 10.6 Å². The third-order valence-corrected chi connectivity index (χ3v) is 4.28. The van der Waals surface area contributed by atoms with Crippen LogP contribution in [0.2, 0.25) is 5.02 Å². The Balaban J connectivity index is 2.13. The van der Waals surface area contributed by atoms with Gasteiger partial charge < -0.3 is 5.32 Å². The van der Waals surface area contributed by atoms with Gasteiger partial charge >= 0.3 is 0 Å². The molecule has 108 valence electrons. The number of nitrogens with zero attached hydrogens (tertiary/aromatic N) is 1. The maximum atomic E-state index is 12.9. The second kappa shape index (κ2) is 5.08. The minimum atomic E-state index is -0.459. The highest BCUT2D eigenvalue weighted by molar-refractivity contribution is 6.30. The van der Waals surface area contributed by atoms with E-state index in [2.05, 4.69) is 12.2 Å². The maximum Gasteiger partial charge on any atom is 0.262 e. The zero-order valence-electron chi connectivity index (χ0n) is 12.1. The van der Waals surface area contributed by atoms with Crippen LogP contribution < -0.4 is 10.2 Å².